The van der Waals surface area contributed by atoms with Crippen LogP contribution in [0.1, 0.15) is 34.8 Å². The van der Waals surface area contributed by atoms with Gasteiger partial charge in [-0.1, -0.05) is 0 Å². The van der Waals surface area contributed by atoms with Gasteiger partial charge in [0.25, 0.3) is 0 Å². The number of rotatable bonds is 2. The van der Waals surface area contributed by atoms with Crippen LogP contribution in [0.2, 0.25) is 0 Å². The van der Waals surface area contributed by atoms with Crippen LogP contribution in [0, 0.1) is 6.92 Å². The summed E-state index contributed by atoms with van der Waals surface area (Å²) in [5, 5.41) is 3.09. The molecule has 2 aromatic rings. The maximum absolute atomic E-state index is 6.24. The second kappa shape index (κ2) is 4.83. The Labute approximate surface area is 116 Å². The van der Waals surface area contributed by atoms with Crippen molar-refractivity contribution in [2.75, 3.05) is 7.11 Å². The third-order valence-electron chi connectivity index (χ3n) is 3.32. The van der Waals surface area contributed by atoms with Crippen molar-refractivity contribution in [1.82, 2.24) is 4.98 Å². The molecule has 0 fully saturated rings. The summed E-state index contributed by atoms with van der Waals surface area (Å²) in [5.74, 6) is 1.64. The fourth-order valence-electron chi connectivity index (χ4n) is 2.32. The van der Waals surface area contributed by atoms with Crippen molar-refractivity contribution in [2.45, 2.75) is 25.5 Å². The van der Waals surface area contributed by atoms with Gasteiger partial charge in [0.15, 0.2) is 0 Å². The molecule has 1 aliphatic rings. The Morgan fingerprint density at radius 2 is 2.32 bits per heavy atom. The van der Waals surface area contributed by atoms with E-state index in [-0.39, 0.29) is 12.1 Å². The third-order valence-corrected chi connectivity index (χ3v) is 4.11. The molecule has 2 heterocycles. The largest absolute Gasteiger partial charge is 0.497 e. The quantitative estimate of drug-likeness (QED) is 0.916. The average molecular weight is 276 g/mol. The van der Waals surface area contributed by atoms with E-state index >= 15 is 0 Å². The van der Waals surface area contributed by atoms with Crippen molar-refractivity contribution in [3.8, 4) is 11.5 Å². The van der Waals surface area contributed by atoms with Gasteiger partial charge in [-0.25, -0.2) is 4.98 Å². The van der Waals surface area contributed by atoms with Crippen LogP contribution < -0.4 is 15.2 Å². The number of ether oxygens (including phenoxy) is 2. The number of aryl methyl sites for hydroxylation is 1. The molecule has 19 heavy (non-hydrogen) atoms. The minimum atomic E-state index is -0.0548. The van der Waals surface area contributed by atoms with E-state index in [0.29, 0.717) is 0 Å². The topological polar surface area (TPSA) is 57.4 Å². The predicted molar refractivity (Wildman–Crippen MR) is 74.8 cm³/mol. The maximum Gasteiger partial charge on any atom is 0.143 e. The number of hydrogen-bond donors (Lipinski definition) is 1. The molecule has 0 aliphatic carbocycles. The summed E-state index contributed by atoms with van der Waals surface area (Å²) in [4.78, 5) is 4.49. The molecule has 0 amide bonds. The summed E-state index contributed by atoms with van der Waals surface area (Å²) >= 11 is 1.63. The zero-order chi connectivity index (χ0) is 13.4. The normalized spacial score (nSPS) is 21.6. The van der Waals surface area contributed by atoms with E-state index in [0.717, 1.165) is 34.2 Å². The van der Waals surface area contributed by atoms with Gasteiger partial charge in [0.2, 0.25) is 0 Å². The van der Waals surface area contributed by atoms with Gasteiger partial charge in [-0.05, 0) is 25.1 Å². The van der Waals surface area contributed by atoms with Crippen LogP contribution in [0.15, 0.2) is 23.6 Å². The lowest BCUT2D eigenvalue weighted by molar-refractivity contribution is 0.157. The third kappa shape index (κ3) is 2.31. The molecule has 1 aromatic carbocycles. The summed E-state index contributed by atoms with van der Waals surface area (Å²) in [6.07, 6.45) is 0.685. The minimum absolute atomic E-state index is 0.0501. The van der Waals surface area contributed by atoms with Crippen LogP contribution in [-0.4, -0.2) is 12.1 Å². The molecule has 0 saturated carbocycles. The zero-order valence-electron chi connectivity index (χ0n) is 10.9. The van der Waals surface area contributed by atoms with Crippen LogP contribution in [-0.2, 0) is 0 Å². The Bertz CT molecular complexity index is 597. The molecule has 2 atom stereocenters. The number of nitrogens with zero attached hydrogens (tertiary/aromatic N) is 1. The lowest BCUT2D eigenvalue weighted by Gasteiger charge is -2.29. The molecular weight excluding hydrogens is 260 g/mol. The van der Waals surface area contributed by atoms with Crippen molar-refractivity contribution in [2.24, 2.45) is 5.73 Å². The molecule has 0 saturated heterocycles. The Morgan fingerprint density at radius 3 is 3.00 bits per heavy atom. The second-order valence-corrected chi connectivity index (χ2v) is 5.71. The lowest BCUT2D eigenvalue weighted by atomic mass is 9.96. The van der Waals surface area contributed by atoms with E-state index in [1.165, 1.54) is 0 Å². The number of hydrogen-bond acceptors (Lipinski definition) is 5. The van der Waals surface area contributed by atoms with Crippen LogP contribution in [0.4, 0.5) is 0 Å². The molecule has 3 rings (SSSR count). The van der Waals surface area contributed by atoms with E-state index < -0.39 is 0 Å². The summed E-state index contributed by atoms with van der Waals surface area (Å²) in [6, 6.07) is 5.70. The highest BCUT2D eigenvalue weighted by molar-refractivity contribution is 7.09. The van der Waals surface area contributed by atoms with Crippen molar-refractivity contribution in [3.63, 3.8) is 0 Å². The number of fused-ring (bicyclic) bond motifs is 1. The number of benzene rings is 1. The first-order chi connectivity index (χ1) is 9.17. The van der Waals surface area contributed by atoms with Crippen molar-refractivity contribution in [1.29, 1.82) is 0 Å². The number of methoxy groups -OCH3 is 1. The Hall–Kier alpha value is -1.59. The maximum atomic E-state index is 6.24. The first-order valence-electron chi connectivity index (χ1n) is 6.19. The molecule has 100 valence electrons. The molecule has 1 aromatic heterocycles. The molecule has 1 aliphatic heterocycles. The average Bonchev–Trinajstić information content (AvgIpc) is 2.85. The van der Waals surface area contributed by atoms with Gasteiger partial charge in [0.05, 0.1) is 17.8 Å². The Balaban J connectivity index is 1.92. The van der Waals surface area contributed by atoms with Gasteiger partial charge < -0.3 is 15.2 Å². The van der Waals surface area contributed by atoms with Gasteiger partial charge >= 0.3 is 0 Å². The van der Waals surface area contributed by atoms with Gasteiger partial charge in [-0.3, -0.25) is 0 Å². The fourth-order valence-corrected chi connectivity index (χ4v) is 2.97. The molecule has 2 unspecified atom stereocenters. The fraction of sp³-hybridized carbons (Fsp3) is 0.357. The highest BCUT2D eigenvalue weighted by atomic mass is 32.1. The van der Waals surface area contributed by atoms with Gasteiger partial charge in [-0.15, -0.1) is 11.3 Å². The Kier molecular flexibility index (Phi) is 3.16. The van der Waals surface area contributed by atoms with Crippen LogP contribution in [0.5, 0.6) is 11.5 Å². The molecule has 0 radical (unpaired) electrons. The smallest absolute Gasteiger partial charge is 0.143 e. The number of thiazole rings is 1. The number of nitrogens with two attached hydrogens (primary N) is 1. The van der Waals surface area contributed by atoms with Gasteiger partial charge in [0, 0.05) is 23.4 Å². The number of aromatic nitrogens is 1. The molecule has 5 heteroatoms. The van der Waals surface area contributed by atoms with Crippen molar-refractivity contribution in [3.05, 3.63) is 39.8 Å². The predicted octanol–water partition coefficient (Wildman–Crippen LogP) is 2.98. The minimum Gasteiger partial charge on any atom is -0.497 e. The summed E-state index contributed by atoms with van der Waals surface area (Å²) in [6.45, 7) is 2.00. The summed E-state index contributed by atoms with van der Waals surface area (Å²) < 4.78 is 11.2. The highest BCUT2D eigenvalue weighted by Gasteiger charge is 2.28. The summed E-state index contributed by atoms with van der Waals surface area (Å²) in [5.41, 5.74) is 8.22. The van der Waals surface area contributed by atoms with E-state index in [1.807, 2.05) is 30.5 Å². The molecule has 0 spiro atoms. The molecule has 2 N–H and O–H groups in total. The lowest BCUT2D eigenvalue weighted by Crippen LogP contribution is -2.24. The van der Waals surface area contributed by atoms with Crippen LogP contribution in [0.25, 0.3) is 0 Å². The standard InChI is InChI=1S/C14H16N2O2S/c1-8-16-12(7-19-8)14-6-11(15)10-5-9(17-2)3-4-13(10)18-14/h3-5,7,11,14H,6,15H2,1-2H3. The van der Waals surface area contributed by atoms with Crippen LogP contribution in [0.3, 0.4) is 0 Å². The van der Waals surface area contributed by atoms with E-state index in [1.54, 1.807) is 18.4 Å². The monoisotopic (exact) mass is 276 g/mol. The molecule has 4 nitrogen and oxygen atoms in total. The SMILES string of the molecule is COc1ccc2c(c1)C(N)CC(c1csc(C)n1)O2. The second-order valence-electron chi connectivity index (χ2n) is 4.64. The zero-order valence-corrected chi connectivity index (χ0v) is 11.7. The van der Waals surface area contributed by atoms with Crippen molar-refractivity contribution >= 4 is 11.3 Å². The first-order valence-corrected chi connectivity index (χ1v) is 7.07. The van der Waals surface area contributed by atoms with Crippen LogP contribution >= 0.6 is 11.3 Å². The van der Waals surface area contributed by atoms with E-state index in [4.69, 9.17) is 15.2 Å². The Morgan fingerprint density at radius 1 is 1.47 bits per heavy atom. The van der Waals surface area contributed by atoms with E-state index in [9.17, 15) is 0 Å². The van der Waals surface area contributed by atoms with Crippen molar-refractivity contribution < 1.29 is 9.47 Å². The van der Waals surface area contributed by atoms with Gasteiger partial charge in [0.1, 0.15) is 17.6 Å². The summed E-state index contributed by atoms with van der Waals surface area (Å²) in [7, 11) is 1.65. The molecule has 0 bridgehead atoms. The van der Waals surface area contributed by atoms with E-state index in [2.05, 4.69) is 4.98 Å². The highest BCUT2D eigenvalue weighted by Crippen LogP contribution is 2.41. The molecular formula is C14H16N2O2S. The van der Waals surface area contributed by atoms with Gasteiger partial charge in [-0.2, -0.15) is 0 Å². The first kappa shape index (κ1) is 12.4.